The van der Waals surface area contributed by atoms with Crippen molar-refractivity contribution in [3.63, 3.8) is 0 Å². The Bertz CT molecular complexity index is 341. The number of hydrogen-bond acceptors (Lipinski definition) is 5. The predicted molar refractivity (Wildman–Crippen MR) is 68.1 cm³/mol. The van der Waals surface area contributed by atoms with Crippen molar-refractivity contribution in [2.75, 3.05) is 19.8 Å². The minimum atomic E-state index is -0.127. The monoisotopic (exact) mass is 257 g/mol. The lowest BCUT2D eigenvalue weighted by atomic mass is 10.3. The van der Waals surface area contributed by atoms with Gasteiger partial charge in [0.2, 0.25) is 0 Å². The zero-order chi connectivity index (χ0) is 12.5. The van der Waals surface area contributed by atoms with Gasteiger partial charge in [-0.25, -0.2) is 4.98 Å². The topological polar surface area (TPSA) is 77.2 Å². The van der Waals surface area contributed by atoms with E-state index >= 15 is 0 Å². The van der Waals surface area contributed by atoms with Crippen molar-refractivity contribution >= 4 is 17.2 Å². The Kier molecular flexibility index (Phi) is 6.76. The van der Waals surface area contributed by atoms with Crippen LogP contribution in [0.2, 0.25) is 0 Å². The number of hydrogen-bond donors (Lipinski definition) is 2. The molecule has 0 atom stereocenters. The summed E-state index contributed by atoms with van der Waals surface area (Å²) in [7, 11) is 0. The first-order valence-corrected chi connectivity index (χ1v) is 6.66. The summed E-state index contributed by atoms with van der Waals surface area (Å²) in [4.78, 5) is 15.7. The molecule has 1 aromatic heterocycles. The number of nitrogens with one attached hydrogen (secondary N) is 1. The Balaban J connectivity index is 2.16. The molecule has 1 heterocycles. The van der Waals surface area contributed by atoms with E-state index in [4.69, 9.17) is 10.5 Å². The summed E-state index contributed by atoms with van der Waals surface area (Å²) < 4.78 is 5.21. The van der Waals surface area contributed by atoms with Crippen molar-refractivity contribution in [3.8, 4) is 0 Å². The van der Waals surface area contributed by atoms with Gasteiger partial charge in [-0.15, -0.1) is 11.3 Å². The first-order valence-electron chi connectivity index (χ1n) is 5.78. The summed E-state index contributed by atoms with van der Waals surface area (Å²) in [5.74, 6) is -0.127. The number of unbranched alkanes of at least 4 members (excludes halogenated alkanes) is 1. The van der Waals surface area contributed by atoms with Crippen LogP contribution in [0.1, 0.15) is 35.3 Å². The van der Waals surface area contributed by atoms with Gasteiger partial charge in [0.05, 0.1) is 0 Å². The third-order valence-corrected chi connectivity index (χ3v) is 3.04. The molecule has 0 aromatic carbocycles. The van der Waals surface area contributed by atoms with E-state index in [1.807, 2.05) is 6.92 Å². The van der Waals surface area contributed by atoms with E-state index in [0.29, 0.717) is 18.8 Å². The zero-order valence-electron chi connectivity index (χ0n) is 10.1. The molecular formula is C11H19N3O2S. The lowest BCUT2D eigenvalue weighted by Crippen LogP contribution is -2.25. The van der Waals surface area contributed by atoms with E-state index in [9.17, 15) is 4.79 Å². The molecule has 0 aliphatic carbocycles. The average Bonchev–Trinajstić information content (AvgIpc) is 2.82. The Morgan fingerprint density at radius 3 is 3.06 bits per heavy atom. The minimum Gasteiger partial charge on any atom is -0.382 e. The third kappa shape index (κ3) is 5.25. The molecule has 0 spiro atoms. The van der Waals surface area contributed by atoms with Crippen molar-refractivity contribution < 1.29 is 9.53 Å². The lowest BCUT2D eigenvalue weighted by molar-refractivity contribution is 0.0945. The summed E-state index contributed by atoms with van der Waals surface area (Å²) >= 11 is 1.41. The third-order valence-electron chi connectivity index (χ3n) is 2.16. The summed E-state index contributed by atoms with van der Waals surface area (Å²) in [6.45, 7) is 4.50. The summed E-state index contributed by atoms with van der Waals surface area (Å²) in [6, 6.07) is 0. The van der Waals surface area contributed by atoms with Crippen LogP contribution in [0.5, 0.6) is 0 Å². The fraction of sp³-hybridized carbons (Fsp3) is 0.636. The molecule has 1 rings (SSSR count). The van der Waals surface area contributed by atoms with Gasteiger partial charge in [0.1, 0.15) is 10.7 Å². The number of amides is 1. The Morgan fingerprint density at radius 2 is 2.41 bits per heavy atom. The molecule has 0 saturated heterocycles. The van der Waals surface area contributed by atoms with Crippen molar-refractivity contribution in [1.29, 1.82) is 0 Å². The number of carbonyl (C=O) groups excluding carboxylic acids is 1. The van der Waals surface area contributed by atoms with Gasteiger partial charge < -0.3 is 15.8 Å². The molecule has 17 heavy (non-hydrogen) atoms. The average molecular weight is 257 g/mol. The highest BCUT2D eigenvalue weighted by Gasteiger charge is 2.08. The molecular weight excluding hydrogens is 238 g/mol. The Hall–Kier alpha value is -0.980. The van der Waals surface area contributed by atoms with E-state index in [2.05, 4.69) is 10.3 Å². The SMILES string of the molecule is CCOCCCCNC(=O)c1csc(CN)n1. The van der Waals surface area contributed by atoms with E-state index in [0.717, 1.165) is 31.1 Å². The number of nitrogens with zero attached hydrogens (tertiary/aromatic N) is 1. The van der Waals surface area contributed by atoms with Gasteiger partial charge in [-0.1, -0.05) is 0 Å². The van der Waals surface area contributed by atoms with Gasteiger partial charge in [0.25, 0.3) is 5.91 Å². The molecule has 1 aromatic rings. The van der Waals surface area contributed by atoms with Gasteiger partial charge >= 0.3 is 0 Å². The second kappa shape index (κ2) is 8.16. The highest BCUT2D eigenvalue weighted by Crippen LogP contribution is 2.08. The molecule has 0 bridgehead atoms. The number of ether oxygens (including phenoxy) is 1. The number of rotatable bonds is 8. The molecule has 0 fully saturated rings. The molecule has 6 heteroatoms. The van der Waals surface area contributed by atoms with Crippen molar-refractivity contribution in [1.82, 2.24) is 10.3 Å². The molecule has 0 radical (unpaired) electrons. The summed E-state index contributed by atoms with van der Waals surface area (Å²) in [6.07, 6.45) is 1.87. The zero-order valence-corrected chi connectivity index (χ0v) is 10.9. The second-order valence-electron chi connectivity index (χ2n) is 3.49. The quantitative estimate of drug-likeness (QED) is 0.685. The van der Waals surface area contributed by atoms with Crippen LogP contribution in [0.25, 0.3) is 0 Å². The smallest absolute Gasteiger partial charge is 0.270 e. The van der Waals surface area contributed by atoms with E-state index in [1.54, 1.807) is 5.38 Å². The van der Waals surface area contributed by atoms with Crippen molar-refractivity contribution in [3.05, 3.63) is 16.1 Å². The van der Waals surface area contributed by atoms with Crippen LogP contribution in [-0.4, -0.2) is 30.6 Å². The summed E-state index contributed by atoms with van der Waals surface area (Å²) in [5.41, 5.74) is 5.89. The molecule has 0 aliphatic rings. The number of carbonyl (C=O) groups is 1. The van der Waals surface area contributed by atoms with E-state index in [1.165, 1.54) is 11.3 Å². The molecule has 0 unspecified atom stereocenters. The molecule has 1 amide bonds. The van der Waals surface area contributed by atoms with Gasteiger partial charge in [0, 0.05) is 31.7 Å². The Labute approximate surface area is 105 Å². The van der Waals surface area contributed by atoms with Crippen molar-refractivity contribution in [2.24, 2.45) is 5.73 Å². The fourth-order valence-electron chi connectivity index (χ4n) is 1.27. The van der Waals surface area contributed by atoms with Crippen LogP contribution in [0, 0.1) is 0 Å². The lowest BCUT2D eigenvalue weighted by Gasteiger charge is -2.03. The normalized spacial score (nSPS) is 10.5. The van der Waals surface area contributed by atoms with Crippen LogP contribution < -0.4 is 11.1 Å². The predicted octanol–water partition coefficient (Wildman–Crippen LogP) is 1.15. The van der Waals surface area contributed by atoms with Crippen LogP contribution in [0.3, 0.4) is 0 Å². The van der Waals surface area contributed by atoms with Crippen LogP contribution in [-0.2, 0) is 11.3 Å². The molecule has 96 valence electrons. The van der Waals surface area contributed by atoms with Crippen LogP contribution in [0.4, 0.5) is 0 Å². The first kappa shape index (κ1) is 14.1. The Morgan fingerprint density at radius 1 is 1.59 bits per heavy atom. The molecule has 5 nitrogen and oxygen atoms in total. The van der Waals surface area contributed by atoms with Gasteiger partial charge in [-0.05, 0) is 19.8 Å². The molecule has 0 aliphatic heterocycles. The standard InChI is InChI=1S/C11H19N3O2S/c1-2-16-6-4-3-5-13-11(15)9-8-17-10(7-12)14-9/h8H,2-7,12H2,1H3,(H,13,15). The van der Waals surface area contributed by atoms with Crippen molar-refractivity contribution in [2.45, 2.75) is 26.3 Å². The fourth-order valence-corrected chi connectivity index (χ4v) is 1.93. The minimum absolute atomic E-state index is 0.127. The molecule has 0 saturated carbocycles. The largest absolute Gasteiger partial charge is 0.382 e. The first-order chi connectivity index (χ1) is 8.27. The number of thiazole rings is 1. The van der Waals surface area contributed by atoms with E-state index < -0.39 is 0 Å². The number of nitrogens with two attached hydrogens (primary N) is 1. The van der Waals surface area contributed by atoms with Crippen LogP contribution in [0.15, 0.2) is 5.38 Å². The maximum Gasteiger partial charge on any atom is 0.270 e. The highest BCUT2D eigenvalue weighted by atomic mass is 32.1. The highest BCUT2D eigenvalue weighted by molar-refractivity contribution is 7.09. The number of aromatic nitrogens is 1. The van der Waals surface area contributed by atoms with Crippen LogP contribution >= 0.6 is 11.3 Å². The van der Waals surface area contributed by atoms with Gasteiger partial charge in [-0.3, -0.25) is 4.79 Å². The maximum absolute atomic E-state index is 11.6. The van der Waals surface area contributed by atoms with Gasteiger partial charge in [0.15, 0.2) is 0 Å². The molecule has 3 N–H and O–H groups in total. The second-order valence-corrected chi connectivity index (χ2v) is 4.43. The maximum atomic E-state index is 11.6. The summed E-state index contributed by atoms with van der Waals surface area (Å²) in [5, 5.41) is 5.34. The van der Waals surface area contributed by atoms with E-state index in [-0.39, 0.29) is 5.91 Å². The van der Waals surface area contributed by atoms with Gasteiger partial charge in [-0.2, -0.15) is 0 Å².